The van der Waals surface area contributed by atoms with Crippen molar-refractivity contribution in [3.8, 4) is 0 Å². The zero-order valence-electron chi connectivity index (χ0n) is 17.6. The molecule has 3 fully saturated rings. The third kappa shape index (κ3) is 3.68. The molecule has 13 nitrogen and oxygen atoms in total. The number of aromatic nitrogens is 4. The number of aryl methyl sites for hydroxylation is 2. The second kappa shape index (κ2) is 8.22. The van der Waals surface area contributed by atoms with Gasteiger partial charge in [-0.2, -0.15) is 0 Å². The van der Waals surface area contributed by atoms with Gasteiger partial charge in [0.25, 0.3) is 18.3 Å². The number of hydrogen-bond donors (Lipinski definition) is 3. The van der Waals surface area contributed by atoms with Gasteiger partial charge in [-0.05, 0) is 12.8 Å². The minimum atomic E-state index is -0.424. The molecule has 2 aromatic heterocycles. The quantitative estimate of drug-likeness (QED) is 0.504. The summed E-state index contributed by atoms with van der Waals surface area (Å²) in [4.78, 5) is 53.3. The van der Waals surface area contributed by atoms with Crippen molar-refractivity contribution in [2.75, 3.05) is 19.6 Å². The van der Waals surface area contributed by atoms with E-state index in [4.69, 9.17) is 19.1 Å². The smallest absolute Gasteiger partial charge is 0.343 e. The Kier molecular flexibility index (Phi) is 5.59. The highest BCUT2D eigenvalue weighted by molar-refractivity contribution is 5.92. The number of nitrogens with zero attached hydrogens (tertiary/aromatic N) is 4. The van der Waals surface area contributed by atoms with Gasteiger partial charge >= 0.3 is 5.69 Å². The topological polar surface area (TPSA) is 173 Å². The molecule has 2 aromatic rings. The molecule has 0 unspecified atom stereocenters. The number of carboxylic acid groups (broad SMARTS) is 1. The molecule has 3 saturated heterocycles. The summed E-state index contributed by atoms with van der Waals surface area (Å²) in [6.45, 7) is 2.86. The van der Waals surface area contributed by atoms with Gasteiger partial charge in [-0.1, -0.05) is 0 Å². The minimum Gasteiger partial charge on any atom is -0.483 e. The summed E-state index contributed by atoms with van der Waals surface area (Å²) < 4.78 is 12.5. The molecule has 3 aliphatic rings. The van der Waals surface area contributed by atoms with E-state index in [1.54, 1.807) is 11.8 Å². The molecule has 0 saturated carbocycles. The maximum absolute atomic E-state index is 12.8. The Hall–Kier alpha value is -3.48. The Labute approximate surface area is 181 Å². The lowest BCUT2D eigenvalue weighted by Crippen LogP contribution is -2.42. The van der Waals surface area contributed by atoms with Crippen molar-refractivity contribution in [3.05, 3.63) is 34.2 Å². The Morgan fingerprint density at radius 1 is 1.47 bits per heavy atom. The van der Waals surface area contributed by atoms with Crippen molar-refractivity contribution >= 4 is 18.3 Å². The normalized spacial score (nSPS) is 27.6. The fourth-order valence-electron chi connectivity index (χ4n) is 5.04. The van der Waals surface area contributed by atoms with Crippen LogP contribution in [0.4, 0.5) is 0 Å². The van der Waals surface area contributed by atoms with Crippen LogP contribution in [0.5, 0.6) is 0 Å². The molecular formula is C19H24N6O7. The van der Waals surface area contributed by atoms with Crippen LogP contribution in [0.25, 0.3) is 0 Å². The van der Waals surface area contributed by atoms with Crippen molar-refractivity contribution in [1.29, 1.82) is 0 Å². The lowest BCUT2D eigenvalue weighted by atomic mass is 9.73. The van der Waals surface area contributed by atoms with E-state index in [0.717, 1.165) is 17.5 Å². The van der Waals surface area contributed by atoms with Gasteiger partial charge in [0.1, 0.15) is 6.26 Å². The molecule has 0 aromatic carbocycles. The standard InChI is InChI=1S/C18H22N6O5.CH2O2/c1-9-20-12(7-28-9)15(25)19-5-10-11-6-24(8-18(11)4-3-13(10)29-18)16(26)14-21-17(27)23(2)22-14;2-1-3/h7,10-11,13H,3-6,8H2,1-2H3,(H,19,25)(H,21,22,27);1H,(H,2,3)/t10-,11+,13+,18+;/m0./s1. The summed E-state index contributed by atoms with van der Waals surface area (Å²) in [5, 5.41) is 13.8. The number of aromatic amines is 1. The van der Waals surface area contributed by atoms with Crippen LogP contribution < -0.4 is 11.0 Å². The number of carbonyl (C=O) groups excluding carboxylic acids is 2. The number of nitrogens with one attached hydrogen (secondary N) is 2. The van der Waals surface area contributed by atoms with Gasteiger partial charge in [-0.3, -0.25) is 19.4 Å². The van der Waals surface area contributed by atoms with E-state index in [0.29, 0.717) is 25.5 Å². The van der Waals surface area contributed by atoms with E-state index >= 15 is 0 Å². The Morgan fingerprint density at radius 3 is 2.84 bits per heavy atom. The third-order valence-corrected chi connectivity index (χ3v) is 6.39. The molecule has 5 rings (SSSR count). The first kappa shape index (κ1) is 21.7. The fraction of sp³-hybridized carbons (Fsp3) is 0.579. The number of rotatable bonds is 4. The zero-order chi connectivity index (χ0) is 23.0. The molecule has 32 heavy (non-hydrogen) atoms. The van der Waals surface area contributed by atoms with Crippen LogP contribution in [0, 0.1) is 18.8 Å². The second-order valence-electron chi connectivity index (χ2n) is 8.19. The van der Waals surface area contributed by atoms with Gasteiger partial charge in [-0.15, -0.1) is 5.10 Å². The first-order valence-corrected chi connectivity index (χ1v) is 10.2. The monoisotopic (exact) mass is 448 g/mol. The summed E-state index contributed by atoms with van der Waals surface area (Å²) in [5.74, 6) is 0.126. The summed E-state index contributed by atoms with van der Waals surface area (Å²) in [6.07, 6.45) is 3.21. The molecule has 0 radical (unpaired) electrons. The SMILES string of the molecule is Cc1nc(C(=O)NC[C@H]2[C@H]3CN(C(=O)c4nn(C)c(=O)[nH]4)C[C@]34CC[C@H]2O4)co1.O=CO. The first-order valence-electron chi connectivity index (χ1n) is 10.2. The number of fused-ring (bicyclic) bond motifs is 1. The van der Waals surface area contributed by atoms with Crippen molar-refractivity contribution in [3.63, 3.8) is 0 Å². The van der Waals surface area contributed by atoms with Gasteiger partial charge in [0.15, 0.2) is 11.6 Å². The number of likely N-dealkylation sites (tertiary alicyclic amines) is 1. The average molecular weight is 448 g/mol. The van der Waals surface area contributed by atoms with Crippen molar-refractivity contribution in [2.45, 2.75) is 31.5 Å². The predicted molar refractivity (Wildman–Crippen MR) is 106 cm³/mol. The van der Waals surface area contributed by atoms with Gasteiger partial charge < -0.3 is 24.5 Å². The molecule has 5 heterocycles. The van der Waals surface area contributed by atoms with Gasteiger partial charge in [-0.25, -0.2) is 14.5 Å². The van der Waals surface area contributed by atoms with E-state index in [1.807, 2.05) is 0 Å². The largest absolute Gasteiger partial charge is 0.483 e. The highest BCUT2D eigenvalue weighted by Gasteiger charge is 2.63. The number of hydrogen-bond acceptors (Lipinski definition) is 8. The van der Waals surface area contributed by atoms with Gasteiger partial charge in [0.05, 0.1) is 18.2 Å². The number of ether oxygens (including phenoxy) is 1. The van der Waals surface area contributed by atoms with Crippen LogP contribution in [-0.2, 0) is 16.6 Å². The number of oxazole rings is 1. The van der Waals surface area contributed by atoms with Crippen molar-refractivity contribution in [2.24, 2.45) is 18.9 Å². The maximum atomic E-state index is 12.8. The Balaban J connectivity index is 0.000000775. The van der Waals surface area contributed by atoms with Crippen LogP contribution in [0.15, 0.2) is 15.5 Å². The Bertz CT molecular complexity index is 1090. The molecule has 3 aliphatic heterocycles. The molecule has 1 spiro atoms. The summed E-state index contributed by atoms with van der Waals surface area (Å²) >= 11 is 0. The highest BCUT2D eigenvalue weighted by atomic mass is 16.5. The third-order valence-electron chi connectivity index (χ3n) is 6.39. The second-order valence-corrected chi connectivity index (χ2v) is 8.19. The van der Waals surface area contributed by atoms with Crippen LogP contribution in [0.3, 0.4) is 0 Å². The molecule has 0 aliphatic carbocycles. The van der Waals surface area contributed by atoms with E-state index in [2.05, 4.69) is 20.4 Å². The molecule has 2 amide bonds. The fourth-order valence-corrected chi connectivity index (χ4v) is 5.04. The number of carbonyl (C=O) groups is 3. The van der Waals surface area contributed by atoms with E-state index in [1.165, 1.54) is 13.3 Å². The average Bonchev–Trinajstić information content (AvgIpc) is 3.55. The van der Waals surface area contributed by atoms with E-state index < -0.39 is 5.69 Å². The number of H-pyrrole nitrogens is 1. The van der Waals surface area contributed by atoms with E-state index in [9.17, 15) is 14.4 Å². The zero-order valence-corrected chi connectivity index (χ0v) is 17.6. The lowest BCUT2D eigenvalue weighted by molar-refractivity contribution is -0.122. The predicted octanol–water partition coefficient (Wildman–Crippen LogP) is -0.845. The van der Waals surface area contributed by atoms with Crippen LogP contribution in [0.2, 0.25) is 0 Å². The molecule has 3 N–H and O–H groups in total. The van der Waals surface area contributed by atoms with Crippen LogP contribution in [0.1, 0.15) is 39.8 Å². The lowest BCUT2D eigenvalue weighted by Gasteiger charge is -2.29. The molecule has 2 bridgehead atoms. The highest BCUT2D eigenvalue weighted by Crippen LogP contribution is 2.54. The van der Waals surface area contributed by atoms with Crippen molar-refractivity contribution in [1.82, 2.24) is 30.0 Å². The molecule has 4 atom stereocenters. The van der Waals surface area contributed by atoms with Crippen molar-refractivity contribution < 1.29 is 28.6 Å². The van der Waals surface area contributed by atoms with Gasteiger partial charge in [0.2, 0.25) is 5.82 Å². The molecular weight excluding hydrogens is 424 g/mol. The summed E-state index contributed by atoms with van der Waals surface area (Å²) in [6, 6.07) is 0. The molecule has 13 heteroatoms. The first-order chi connectivity index (χ1) is 15.3. The summed E-state index contributed by atoms with van der Waals surface area (Å²) in [5.41, 5.74) is -0.551. The Morgan fingerprint density at radius 2 is 2.22 bits per heavy atom. The number of amides is 2. The van der Waals surface area contributed by atoms with Crippen LogP contribution in [-0.4, -0.2) is 79.4 Å². The van der Waals surface area contributed by atoms with Gasteiger partial charge in [0, 0.05) is 38.9 Å². The molecule has 172 valence electrons. The maximum Gasteiger partial charge on any atom is 0.343 e. The minimum absolute atomic E-state index is 0.0367. The van der Waals surface area contributed by atoms with E-state index in [-0.39, 0.29) is 53.3 Å². The summed E-state index contributed by atoms with van der Waals surface area (Å²) in [7, 11) is 1.49. The van der Waals surface area contributed by atoms with Crippen LogP contribution >= 0.6 is 0 Å².